The summed E-state index contributed by atoms with van der Waals surface area (Å²) in [5.74, 6) is -0.0520. The zero-order valence-corrected chi connectivity index (χ0v) is 12.9. The molecule has 2 heterocycles. The van der Waals surface area contributed by atoms with Crippen LogP contribution in [0.4, 0.5) is 0 Å². The first-order valence-electron chi connectivity index (χ1n) is 7.22. The number of carbonyl (C=O) groups is 1. The monoisotopic (exact) mass is 311 g/mol. The number of nitrogens with zero attached hydrogens (tertiary/aromatic N) is 2. The first kappa shape index (κ1) is 14.5. The Bertz CT molecular complexity index is 774. The van der Waals surface area contributed by atoms with E-state index in [0.717, 1.165) is 28.9 Å². The van der Waals surface area contributed by atoms with Gasteiger partial charge in [0.15, 0.2) is 0 Å². The first-order valence-corrected chi connectivity index (χ1v) is 8.10. The molecule has 0 unspecified atom stereocenters. The summed E-state index contributed by atoms with van der Waals surface area (Å²) in [7, 11) is 0. The minimum Gasteiger partial charge on any atom is -0.352 e. The predicted molar refractivity (Wildman–Crippen MR) is 90.7 cm³/mol. The highest BCUT2D eigenvalue weighted by molar-refractivity contribution is 7.10. The molecule has 5 heteroatoms. The number of benzene rings is 1. The fourth-order valence-electron chi connectivity index (χ4n) is 2.25. The lowest BCUT2D eigenvalue weighted by Crippen LogP contribution is -2.23. The van der Waals surface area contributed by atoms with Crippen LogP contribution in [-0.4, -0.2) is 22.0 Å². The van der Waals surface area contributed by atoms with Crippen LogP contribution in [0, 0.1) is 0 Å². The van der Waals surface area contributed by atoms with Crippen molar-refractivity contribution in [1.29, 1.82) is 0 Å². The van der Waals surface area contributed by atoms with E-state index in [2.05, 4.69) is 20.9 Å². The number of fused-ring (bicyclic) bond motifs is 1. The van der Waals surface area contributed by atoms with Crippen LogP contribution < -0.4 is 5.32 Å². The second-order valence-electron chi connectivity index (χ2n) is 4.92. The van der Waals surface area contributed by atoms with E-state index in [0.29, 0.717) is 6.54 Å². The average molecular weight is 311 g/mol. The molecule has 2 aromatic heterocycles. The van der Waals surface area contributed by atoms with Crippen molar-refractivity contribution < 1.29 is 4.79 Å². The molecule has 0 bridgehead atoms. The van der Waals surface area contributed by atoms with Crippen molar-refractivity contribution in [2.24, 2.45) is 0 Å². The van der Waals surface area contributed by atoms with E-state index in [4.69, 9.17) is 0 Å². The molecule has 0 atom stereocenters. The van der Waals surface area contributed by atoms with Gasteiger partial charge in [0.25, 0.3) is 0 Å². The van der Waals surface area contributed by atoms with Crippen molar-refractivity contribution >= 4 is 34.4 Å². The Balaban J connectivity index is 1.44. The maximum atomic E-state index is 11.7. The number of hydrogen-bond donors (Lipinski definition) is 1. The molecule has 0 spiro atoms. The molecular weight excluding hydrogens is 294 g/mol. The number of hydrogen-bond acceptors (Lipinski definition) is 3. The highest BCUT2D eigenvalue weighted by Crippen LogP contribution is 2.12. The van der Waals surface area contributed by atoms with E-state index < -0.39 is 0 Å². The number of amides is 1. The highest BCUT2D eigenvalue weighted by atomic mass is 32.1. The van der Waals surface area contributed by atoms with Gasteiger partial charge in [0.05, 0.1) is 17.4 Å². The Morgan fingerprint density at radius 2 is 2.18 bits per heavy atom. The van der Waals surface area contributed by atoms with Gasteiger partial charge in [0.2, 0.25) is 5.91 Å². The molecule has 0 aliphatic heterocycles. The smallest absolute Gasteiger partial charge is 0.244 e. The van der Waals surface area contributed by atoms with Crippen molar-refractivity contribution in [3.05, 3.63) is 59.1 Å². The van der Waals surface area contributed by atoms with Crippen LogP contribution in [0.2, 0.25) is 0 Å². The molecule has 22 heavy (non-hydrogen) atoms. The van der Waals surface area contributed by atoms with Crippen LogP contribution in [0.25, 0.3) is 17.1 Å². The molecule has 0 saturated heterocycles. The van der Waals surface area contributed by atoms with Crippen LogP contribution in [0.15, 0.2) is 54.2 Å². The van der Waals surface area contributed by atoms with Gasteiger partial charge in [-0.2, -0.15) is 0 Å². The third-order valence-electron chi connectivity index (χ3n) is 3.34. The Hall–Kier alpha value is -2.40. The summed E-state index contributed by atoms with van der Waals surface area (Å²) in [5.41, 5.74) is 2.14. The van der Waals surface area contributed by atoms with E-state index in [9.17, 15) is 4.79 Å². The van der Waals surface area contributed by atoms with E-state index in [1.807, 2.05) is 48.1 Å². The zero-order chi connectivity index (χ0) is 15.2. The van der Waals surface area contributed by atoms with Crippen molar-refractivity contribution in [3.8, 4) is 0 Å². The summed E-state index contributed by atoms with van der Waals surface area (Å²) in [6.45, 7) is 1.50. The number of nitrogens with one attached hydrogen (secondary N) is 1. The zero-order valence-electron chi connectivity index (χ0n) is 12.1. The lowest BCUT2D eigenvalue weighted by atomic mass is 10.3. The molecule has 0 aliphatic carbocycles. The van der Waals surface area contributed by atoms with Crippen molar-refractivity contribution in [3.63, 3.8) is 0 Å². The summed E-state index contributed by atoms with van der Waals surface area (Å²) in [6, 6.07) is 12.0. The quantitative estimate of drug-likeness (QED) is 0.561. The minimum absolute atomic E-state index is 0.0520. The molecule has 1 amide bonds. The van der Waals surface area contributed by atoms with E-state index >= 15 is 0 Å². The van der Waals surface area contributed by atoms with Gasteiger partial charge in [-0.15, -0.1) is 11.3 Å². The molecule has 3 aromatic rings. The Morgan fingerprint density at radius 3 is 3.05 bits per heavy atom. The number of aryl methyl sites for hydroxylation is 1. The van der Waals surface area contributed by atoms with Gasteiger partial charge in [0, 0.05) is 24.0 Å². The number of rotatable bonds is 6. The topological polar surface area (TPSA) is 46.9 Å². The molecule has 0 fully saturated rings. The maximum Gasteiger partial charge on any atom is 0.244 e. The molecule has 112 valence electrons. The van der Waals surface area contributed by atoms with Crippen LogP contribution >= 0.6 is 11.3 Å². The average Bonchev–Trinajstić information content (AvgIpc) is 3.19. The van der Waals surface area contributed by atoms with Gasteiger partial charge in [-0.1, -0.05) is 18.2 Å². The van der Waals surface area contributed by atoms with Gasteiger partial charge in [-0.3, -0.25) is 4.79 Å². The number of para-hydroxylation sites is 2. The lowest BCUT2D eigenvalue weighted by molar-refractivity contribution is -0.116. The molecule has 3 rings (SSSR count). The number of aromatic nitrogens is 2. The SMILES string of the molecule is O=C(/C=C/c1cccs1)NCCCn1cnc2ccccc21. The number of imidazole rings is 1. The normalized spacial score (nSPS) is 11.3. The third kappa shape index (κ3) is 3.62. The van der Waals surface area contributed by atoms with Crippen LogP contribution in [0.5, 0.6) is 0 Å². The van der Waals surface area contributed by atoms with Gasteiger partial charge in [-0.25, -0.2) is 4.98 Å². The summed E-state index contributed by atoms with van der Waals surface area (Å²) < 4.78 is 2.11. The number of thiophene rings is 1. The van der Waals surface area contributed by atoms with Gasteiger partial charge in [-0.05, 0) is 36.1 Å². The highest BCUT2D eigenvalue weighted by Gasteiger charge is 2.01. The number of carbonyl (C=O) groups excluding carboxylic acids is 1. The molecule has 4 nitrogen and oxygen atoms in total. The van der Waals surface area contributed by atoms with Crippen LogP contribution in [-0.2, 0) is 11.3 Å². The molecule has 0 radical (unpaired) electrons. The van der Waals surface area contributed by atoms with E-state index in [-0.39, 0.29) is 5.91 Å². The molecule has 1 aromatic carbocycles. The fourth-order valence-corrected chi connectivity index (χ4v) is 2.87. The van der Waals surface area contributed by atoms with E-state index in [1.165, 1.54) is 0 Å². The lowest BCUT2D eigenvalue weighted by Gasteiger charge is -2.05. The predicted octanol–water partition coefficient (Wildman–Crippen LogP) is 3.32. The molecule has 0 aliphatic rings. The summed E-state index contributed by atoms with van der Waals surface area (Å²) in [5, 5.41) is 4.89. The minimum atomic E-state index is -0.0520. The summed E-state index contributed by atoms with van der Waals surface area (Å²) in [4.78, 5) is 17.1. The van der Waals surface area contributed by atoms with Gasteiger partial charge >= 0.3 is 0 Å². The summed E-state index contributed by atoms with van der Waals surface area (Å²) in [6.07, 6.45) is 6.14. The standard InChI is InChI=1S/C17H17N3OS/c21-17(9-8-14-5-3-12-22-14)18-10-4-11-20-13-19-15-6-1-2-7-16(15)20/h1-3,5-9,12-13H,4,10-11H2,(H,18,21)/b9-8+. The third-order valence-corrected chi connectivity index (χ3v) is 4.18. The largest absolute Gasteiger partial charge is 0.352 e. The molecular formula is C17H17N3OS. The molecule has 0 saturated carbocycles. The van der Waals surface area contributed by atoms with Crippen LogP contribution in [0.3, 0.4) is 0 Å². The first-order chi connectivity index (χ1) is 10.8. The van der Waals surface area contributed by atoms with Gasteiger partial charge < -0.3 is 9.88 Å². The Labute approximate surface area is 133 Å². The maximum absolute atomic E-state index is 11.7. The van der Waals surface area contributed by atoms with E-state index in [1.54, 1.807) is 17.4 Å². The fraction of sp³-hybridized carbons (Fsp3) is 0.176. The van der Waals surface area contributed by atoms with Crippen molar-refractivity contribution in [1.82, 2.24) is 14.9 Å². The second kappa shape index (κ2) is 7.04. The van der Waals surface area contributed by atoms with Crippen molar-refractivity contribution in [2.45, 2.75) is 13.0 Å². The summed E-state index contributed by atoms with van der Waals surface area (Å²) >= 11 is 1.62. The van der Waals surface area contributed by atoms with Crippen molar-refractivity contribution in [2.75, 3.05) is 6.54 Å². The Morgan fingerprint density at radius 1 is 1.27 bits per heavy atom. The van der Waals surface area contributed by atoms with Crippen LogP contribution in [0.1, 0.15) is 11.3 Å². The second-order valence-corrected chi connectivity index (χ2v) is 5.90. The Kier molecular flexibility index (Phi) is 4.65. The van der Waals surface area contributed by atoms with Gasteiger partial charge in [0.1, 0.15) is 0 Å². The molecule has 1 N–H and O–H groups in total.